The highest BCUT2D eigenvalue weighted by molar-refractivity contribution is 9.10. The van der Waals surface area contributed by atoms with E-state index >= 15 is 0 Å². The Labute approximate surface area is 117 Å². The number of aryl methyl sites for hydroxylation is 1. The molecule has 19 heavy (non-hydrogen) atoms. The van der Waals surface area contributed by atoms with Crippen LogP contribution in [0.1, 0.15) is 22.1 Å². The van der Waals surface area contributed by atoms with Gasteiger partial charge in [0.05, 0.1) is 0 Å². The Morgan fingerprint density at radius 3 is 3.00 bits per heavy atom. The number of aromatic carboxylic acids is 1. The number of hydrogen-bond acceptors (Lipinski definition) is 6. The van der Waals surface area contributed by atoms with Gasteiger partial charge in [-0.25, -0.2) is 9.78 Å². The van der Waals surface area contributed by atoms with Gasteiger partial charge in [-0.2, -0.15) is 4.98 Å². The molecule has 0 aliphatic rings. The second-order valence-electron chi connectivity index (χ2n) is 3.77. The van der Waals surface area contributed by atoms with Gasteiger partial charge in [-0.15, -0.1) is 0 Å². The van der Waals surface area contributed by atoms with Gasteiger partial charge in [-0.3, -0.25) is 0 Å². The van der Waals surface area contributed by atoms with Crippen molar-refractivity contribution in [3.63, 3.8) is 0 Å². The van der Waals surface area contributed by atoms with Gasteiger partial charge in [0.2, 0.25) is 5.89 Å². The monoisotopic (exact) mass is 326 g/mol. The van der Waals surface area contributed by atoms with Crippen LogP contribution in [-0.2, 0) is 6.42 Å². The van der Waals surface area contributed by atoms with E-state index in [4.69, 9.17) is 9.63 Å². The number of carbonyl (C=O) groups is 1. The quantitative estimate of drug-likeness (QED) is 0.864. The van der Waals surface area contributed by atoms with Gasteiger partial charge in [-0.1, -0.05) is 5.16 Å². The summed E-state index contributed by atoms with van der Waals surface area (Å²) in [5.74, 6) is 0.346. The molecule has 100 valence electrons. The van der Waals surface area contributed by atoms with Gasteiger partial charge >= 0.3 is 5.97 Å². The van der Waals surface area contributed by atoms with Crippen LogP contribution in [0.4, 0.5) is 5.82 Å². The van der Waals surface area contributed by atoms with E-state index in [1.807, 2.05) is 0 Å². The highest BCUT2D eigenvalue weighted by Crippen LogP contribution is 2.18. The first-order valence-corrected chi connectivity index (χ1v) is 6.27. The molecule has 2 aromatic heterocycles. The standard InChI is InChI=1S/C11H11BrN4O3/c1-6-15-9(19-16-6)2-3-13-10-8(11(17)18)4-7(12)5-14-10/h4-5H,2-3H2,1H3,(H,13,14)(H,17,18). The van der Waals surface area contributed by atoms with Crippen LogP contribution in [0.25, 0.3) is 0 Å². The van der Waals surface area contributed by atoms with E-state index in [0.717, 1.165) is 0 Å². The van der Waals surface area contributed by atoms with Crippen molar-refractivity contribution in [2.24, 2.45) is 0 Å². The second-order valence-corrected chi connectivity index (χ2v) is 4.68. The van der Waals surface area contributed by atoms with Crippen molar-refractivity contribution in [3.8, 4) is 0 Å². The average molecular weight is 327 g/mol. The van der Waals surface area contributed by atoms with Crippen molar-refractivity contribution in [1.82, 2.24) is 15.1 Å². The molecule has 2 aromatic rings. The van der Waals surface area contributed by atoms with Crippen molar-refractivity contribution >= 4 is 27.7 Å². The maximum Gasteiger partial charge on any atom is 0.339 e. The topological polar surface area (TPSA) is 101 Å². The Balaban J connectivity index is 2.01. The number of pyridine rings is 1. The molecule has 0 bridgehead atoms. The lowest BCUT2D eigenvalue weighted by Gasteiger charge is -2.07. The fraction of sp³-hybridized carbons (Fsp3) is 0.273. The molecule has 0 radical (unpaired) electrons. The maximum absolute atomic E-state index is 11.1. The number of nitrogens with zero attached hydrogens (tertiary/aromatic N) is 3. The third kappa shape index (κ3) is 3.50. The molecule has 7 nitrogen and oxygen atoms in total. The Kier molecular flexibility index (Phi) is 4.10. The summed E-state index contributed by atoms with van der Waals surface area (Å²) in [6.07, 6.45) is 2.03. The normalized spacial score (nSPS) is 10.4. The average Bonchev–Trinajstić information content (AvgIpc) is 2.77. The Bertz CT molecular complexity index is 599. The van der Waals surface area contributed by atoms with E-state index in [0.29, 0.717) is 35.0 Å². The molecule has 2 N–H and O–H groups in total. The Morgan fingerprint density at radius 2 is 2.37 bits per heavy atom. The number of carboxylic acids is 1. The summed E-state index contributed by atoms with van der Waals surface area (Å²) in [6, 6.07) is 1.49. The van der Waals surface area contributed by atoms with Crippen LogP contribution in [-0.4, -0.2) is 32.7 Å². The molecule has 0 unspecified atom stereocenters. The molecule has 0 saturated heterocycles. The van der Waals surface area contributed by atoms with Crippen molar-refractivity contribution in [2.45, 2.75) is 13.3 Å². The Hall–Kier alpha value is -1.96. The van der Waals surface area contributed by atoms with Crippen molar-refractivity contribution < 1.29 is 14.4 Å². The van der Waals surface area contributed by atoms with Crippen LogP contribution in [0.3, 0.4) is 0 Å². The van der Waals surface area contributed by atoms with Crippen LogP contribution < -0.4 is 5.32 Å². The van der Waals surface area contributed by atoms with Crippen LogP contribution in [0, 0.1) is 6.92 Å². The molecular weight excluding hydrogens is 316 g/mol. The largest absolute Gasteiger partial charge is 0.478 e. The van der Waals surface area contributed by atoms with Crippen molar-refractivity contribution in [1.29, 1.82) is 0 Å². The summed E-state index contributed by atoms with van der Waals surface area (Å²) in [6.45, 7) is 2.19. The predicted molar refractivity (Wildman–Crippen MR) is 70.1 cm³/mol. The molecule has 0 aromatic carbocycles. The van der Waals surface area contributed by atoms with Gasteiger partial charge < -0.3 is 14.9 Å². The lowest BCUT2D eigenvalue weighted by Crippen LogP contribution is -2.11. The van der Waals surface area contributed by atoms with Crippen LogP contribution >= 0.6 is 15.9 Å². The molecule has 2 heterocycles. The minimum atomic E-state index is -1.04. The highest BCUT2D eigenvalue weighted by Gasteiger charge is 2.12. The molecule has 0 amide bonds. The molecule has 8 heteroatoms. The summed E-state index contributed by atoms with van der Waals surface area (Å²) in [5.41, 5.74) is 0.107. The molecular formula is C11H11BrN4O3. The van der Waals surface area contributed by atoms with E-state index in [9.17, 15) is 4.79 Å². The van der Waals surface area contributed by atoms with Gasteiger partial charge in [0.15, 0.2) is 5.82 Å². The zero-order valence-corrected chi connectivity index (χ0v) is 11.6. The summed E-state index contributed by atoms with van der Waals surface area (Å²) >= 11 is 3.19. The third-order valence-corrected chi connectivity index (χ3v) is 2.72. The minimum absolute atomic E-state index is 0.107. The third-order valence-electron chi connectivity index (χ3n) is 2.29. The highest BCUT2D eigenvalue weighted by atomic mass is 79.9. The van der Waals surface area contributed by atoms with E-state index in [1.165, 1.54) is 12.3 Å². The van der Waals surface area contributed by atoms with Crippen LogP contribution in [0.15, 0.2) is 21.3 Å². The van der Waals surface area contributed by atoms with Crippen LogP contribution in [0.5, 0.6) is 0 Å². The summed E-state index contributed by atoms with van der Waals surface area (Å²) in [4.78, 5) is 19.2. The van der Waals surface area contributed by atoms with Crippen LogP contribution in [0.2, 0.25) is 0 Å². The number of halogens is 1. The van der Waals surface area contributed by atoms with Gasteiger partial charge in [0.1, 0.15) is 11.4 Å². The molecule has 0 fully saturated rings. The maximum atomic E-state index is 11.1. The first-order valence-electron chi connectivity index (χ1n) is 5.48. The fourth-order valence-corrected chi connectivity index (χ4v) is 1.80. The summed E-state index contributed by atoms with van der Waals surface area (Å²) < 4.78 is 5.57. The predicted octanol–water partition coefficient (Wildman–Crippen LogP) is 1.89. The molecule has 0 saturated carbocycles. The Morgan fingerprint density at radius 1 is 1.58 bits per heavy atom. The van der Waals surface area contributed by atoms with Gasteiger partial charge in [0, 0.05) is 23.6 Å². The minimum Gasteiger partial charge on any atom is -0.478 e. The molecule has 0 aliphatic heterocycles. The number of rotatable bonds is 5. The number of nitrogens with one attached hydrogen (secondary N) is 1. The van der Waals surface area contributed by atoms with E-state index in [1.54, 1.807) is 6.92 Å². The molecule has 0 atom stereocenters. The summed E-state index contributed by atoms with van der Waals surface area (Å²) in [5, 5.41) is 15.7. The lowest BCUT2D eigenvalue weighted by molar-refractivity contribution is 0.0697. The van der Waals surface area contributed by atoms with Gasteiger partial charge in [0.25, 0.3) is 0 Å². The number of hydrogen-bond donors (Lipinski definition) is 2. The number of anilines is 1. The fourth-order valence-electron chi connectivity index (χ4n) is 1.47. The number of aromatic nitrogens is 3. The lowest BCUT2D eigenvalue weighted by atomic mass is 10.2. The zero-order chi connectivity index (χ0) is 13.8. The SMILES string of the molecule is Cc1noc(CCNc2ncc(Br)cc2C(=O)O)n1. The zero-order valence-electron chi connectivity index (χ0n) is 10.1. The molecule has 0 spiro atoms. The second kappa shape index (κ2) is 5.79. The van der Waals surface area contributed by atoms with E-state index in [-0.39, 0.29) is 5.56 Å². The first kappa shape index (κ1) is 13.5. The van der Waals surface area contributed by atoms with Gasteiger partial charge in [-0.05, 0) is 28.9 Å². The van der Waals surface area contributed by atoms with E-state index < -0.39 is 5.97 Å². The van der Waals surface area contributed by atoms with Crippen molar-refractivity contribution in [3.05, 3.63) is 34.0 Å². The molecule has 0 aliphatic carbocycles. The molecule has 2 rings (SSSR count). The van der Waals surface area contributed by atoms with E-state index in [2.05, 4.69) is 36.4 Å². The van der Waals surface area contributed by atoms with Crippen molar-refractivity contribution in [2.75, 3.05) is 11.9 Å². The number of carboxylic acid groups (broad SMARTS) is 1. The summed E-state index contributed by atoms with van der Waals surface area (Å²) in [7, 11) is 0. The smallest absolute Gasteiger partial charge is 0.339 e. The first-order chi connectivity index (χ1) is 9.06.